The number of pyridine rings is 1. The molecule has 142 valence electrons. The minimum Gasteiger partial charge on any atom is -0.497 e. The number of nitrogens with zero attached hydrogens (tertiary/aromatic N) is 1. The molecular weight excluding hydrogens is 368 g/mol. The fourth-order valence-electron chi connectivity index (χ4n) is 2.94. The van der Waals surface area contributed by atoms with Gasteiger partial charge >= 0.3 is 0 Å². The molecule has 1 aliphatic carbocycles. The molecule has 0 radical (unpaired) electrons. The van der Waals surface area contributed by atoms with Crippen molar-refractivity contribution in [1.82, 2.24) is 15.8 Å². The Morgan fingerprint density at radius 2 is 1.89 bits per heavy atom. The zero-order chi connectivity index (χ0) is 19.2. The van der Waals surface area contributed by atoms with E-state index in [1.165, 1.54) is 0 Å². The highest BCUT2D eigenvalue weighted by Gasteiger charge is 2.20. The number of fused-ring (bicyclic) bond motifs is 1. The molecule has 0 aliphatic heterocycles. The molecule has 7 nitrogen and oxygen atoms in total. The number of benzene rings is 1. The molecule has 0 saturated carbocycles. The van der Waals surface area contributed by atoms with Gasteiger partial charge in [-0.25, -0.2) is 4.98 Å². The van der Waals surface area contributed by atoms with Crippen molar-refractivity contribution in [2.45, 2.75) is 25.7 Å². The van der Waals surface area contributed by atoms with E-state index in [1.807, 2.05) is 30.3 Å². The number of carbonyl (C=O) groups is 2. The average Bonchev–Trinajstić information content (AvgIpc) is 2.71. The highest BCUT2D eigenvalue weighted by Crippen LogP contribution is 2.27. The molecule has 27 heavy (non-hydrogen) atoms. The zero-order valence-corrected chi connectivity index (χ0v) is 15.7. The number of alkyl halides is 1. The van der Waals surface area contributed by atoms with Crippen LogP contribution in [0.25, 0.3) is 0 Å². The van der Waals surface area contributed by atoms with Gasteiger partial charge in [0.2, 0.25) is 0 Å². The number of hydrogen-bond acceptors (Lipinski definition) is 5. The molecule has 0 spiro atoms. The maximum Gasteiger partial charge on any atom is 0.273 e. The third kappa shape index (κ3) is 4.68. The summed E-state index contributed by atoms with van der Waals surface area (Å²) in [6, 6.07) is 9.17. The first-order valence-corrected chi connectivity index (χ1v) is 9.23. The van der Waals surface area contributed by atoms with E-state index in [-0.39, 0.29) is 5.88 Å². The van der Waals surface area contributed by atoms with Crippen molar-refractivity contribution in [3.63, 3.8) is 0 Å². The number of rotatable bonds is 5. The lowest BCUT2D eigenvalue weighted by molar-refractivity contribution is -0.119. The van der Waals surface area contributed by atoms with Gasteiger partial charge in [0.05, 0.1) is 12.7 Å². The molecule has 8 heteroatoms. The molecule has 2 amide bonds. The molecule has 0 atom stereocenters. The molecule has 2 aromatic rings. The second-order valence-corrected chi connectivity index (χ2v) is 6.45. The lowest BCUT2D eigenvalue weighted by Crippen LogP contribution is -2.42. The van der Waals surface area contributed by atoms with Crippen LogP contribution in [0.2, 0.25) is 0 Å². The fraction of sp³-hybridized carbons (Fsp3) is 0.316. The van der Waals surface area contributed by atoms with Crippen LogP contribution in [0.5, 0.6) is 5.75 Å². The fourth-order valence-corrected chi connectivity index (χ4v) is 3.01. The number of aromatic nitrogens is 1. The second-order valence-electron chi connectivity index (χ2n) is 6.19. The Morgan fingerprint density at radius 3 is 2.59 bits per heavy atom. The highest BCUT2D eigenvalue weighted by atomic mass is 35.5. The molecule has 1 aromatic heterocycles. The third-order valence-corrected chi connectivity index (χ3v) is 4.58. The minimum absolute atomic E-state index is 0.236. The van der Waals surface area contributed by atoms with Gasteiger partial charge in [-0.05, 0) is 61.6 Å². The highest BCUT2D eigenvalue weighted by molar-refractivity contribution is 6.27. The number of aryl methyl sites for hydroxylation is 2. The van der Waals surface area contributed by atoms with Crippen LogP contribution < -0.4 is 20.9 Å². The number of nitrogens with one attached hydrogen (secondary N) is 3. The summed E-state index contributed by atoms with van der Waals surface area (Å²) in [4.78, 5) is 28.6. The van der Waals surface area contributed by atoms with Crippen LogP contribution >= 0.6 is 11.6 Å². The molecular formula is C19H21ClN4O3. The van der Waals surface area contributed by atoms with Crippen LogP contribution in [-0.2, 0) is 17.6 Å². The normalized spacial score (nSPS) is 12.7. The maximum atomic E-state index is 12.6. The molecule has 1 aliphatic rings. The van der Waals surface area contributed by atoms with Crippen molar-refractivity contribution in [3.8, 4) is 5.75 Å². The number of amides is 2. The van der Waals surface area contributed by atoms with E-state index in [2.05, 4.69) is 21.2 Å². The van der Waals surface area contributed by atoms with Crippen molar-refractivity contribution < 1.29 is 14.3 Å². The first kappa shape index (κ1) is 19.0. The van der Waals surface area contributed by atoms with Crippen LogP contribution in [0, 0.1) is 0 Å². The van der Waals surface area contributed by atoms with Gasteiger partial charge in [0, 0.05) is 11.4 Å². The van der Waals surface area contributed by atoms with Crippen molar-refractivity contribution in [2.75, 3.05) is 18.3 Å². The summed E-state index contributed by atoms with van der Waals surface area (Å²) in [6.07, 6.45) is 3.93. The molecule has 1 aromatic carbocycles. The third-order valence-electron chi connectivity index (χ3n) is 4.34. The Morgan fingerprint density at radius 1 is 1.15 bits per heavy atom. The van der Waals surface area contributed by atoms with E-state index in [9.17, 15) is 9.59 Å². The number of hydrogen-bond donors (Lipinski definition) is 3. The number of ether oxygens (including phenoxy) is 1. The lowest BCUT2D eigenvalue weighted by atomic mass is 9.94. The Hall–Kier alpha value is -2.80. The van der Waals surface area contributed by atoms with E-state index >= 15 is 0 Å². The summed E-state index contributed by atoms with van der Waals surface area (Å²) in [5.41, 5.74) is 7.85. The summed E-state index contributed by atoms with van der Waals surface area (Å²) in [5.74, 6) is 0.00439. The summed E-state index contributed by atoms with van der Waals surface area (Å²) < 4.78 is 5.16. The number of carbonyl (C=O) groups excluding carboxylic acids is 2. The lowest BCUT2D eigenvalue weighted by Gasteiger charge is -2.19. The van der Waals surface area contributed by atoms with Gasteiger partial charge in [-0.1, -0.05) is 0 Å². The quantitative estimate of drug-likeness (QED) is 0.541. The summed E-state index contributed by atoms with van der Waals surface area (Å²) in [7, 11) is 1.60. The van der Waals surface area contributed by atoms with Crippen molar-refractivity contribution in [1.29, 1.82) is 0 Å². The van der Waals surface area contributed by atoms with E-state index in [0.717, 1.165) is 48.4 Å². The van der Waals surface area contributed by atoms with Gasteiger partial charge in [0.1, 0.15) is 17.4 Å². The summed E-state index contributed by atoms with van der Waals surface area (Å²) in [5, 5.41) is 3.19. The van der Waals surface area contributed by atoms with Crippen LogP contribution in [0.4, 0.5) is 11.5 Å². The second kappa shape index (κ2) is 8.73. The summed E-state index contributed by atoms with van der Waals surface area (Å²) in [6.45, 7) is 0. The first-order chi connectivity index (χ1) is 13.1. The molecule has 0 unspecified atom stereocenters. The maximum absolute atomic E-state index is 12.6. The number of halogens is 1. The van der Waals surface area contributed by atoms with Gasteiger partial charge in [-0.2, -0.15) is 0 Å². The predicted octanol–water partition coefficient (Wildman–Crippen LogP) is 2.71. The van der Waals surface area contributed by atoms with Gasteiger partial charge in [0.25, 0.3) is 11.8 Å². The molecule has 1 heterocycles. The van der Waals surface area contributed by atoms with Crippen LogP contribution in [0.15, 0.2) is 30.3 Å². The molecule has 3 rings (SSSR count). The molecule has 0 fully saturated rings. The SMILES string of the molecule is COc1ccc(Nc2nc3c(cc2C(=O)NNC(=O)CCl)CCCC3)cc1. The topological polar surface area (TPSA) is 92.3 Å². The predicted molar refractivity (Wildman–Crippen MR) is 103 cm³/mol. The van der Waals surface area contributed by atoms with Gasteiger partial charge < -0.3 is 10.1 Å². The number of methoxy groups -OCH3 is 1. The van der Waals surface area contributed by atoms with Crippen LogP contribution in [0.1, 0.15) is 34.5 Å². The van der Waals surface area contributed by atoms with Gasteiger partial charge in [0.15, 0.2) is 0 Å². The Labute approximate surface area is 162 Å². The van der Waals surface area contributed by atoms with E-state index in [0.29, 0.717) is 11.4 Å². The van der Waals surface area contributed by atoms with Crippen LogP contribution in [-0.4, -0.2) is 29.8 Å². The number of hydrazine groups is 1. The van der Waals surface area contributed by atoms with E-state index in [4.69, 9.17) is 16.3 Å². The summed E-state index contributed by atoms with van der Waals surface area (Å²) >= 11 is 5.44. The Bertz CT molecular complexity index is 840. The molecule has 3 N–H and O–H groups in total. The van der Waals surface area contributed by atoms with Gasteiger partial charge in [-0.3, -0.25) is 20.4 Å². The smallest absolute Gasteiger partial charge is 0.273 e. The Balaban J connectivity index is 1.89. The Kier molecular flexibility index (Phi) is 6.13. The average molecular weight is 389 g/mol. The monoisotopic (exact) mass is 388 g/mol. The first-order valence-electron chi connectivity index (χ1n) is 8.69. The largest absolute Gasteiger partial charge is 0.497 e. The number of anilines is 2. The van der Waals surface area contributed by atoms with E-state index in [1.54, 1.807) is 7.11 Å². The minimum atomic E-state index is -0.486. The van der Waals surface area contributed by atoms with E-state index < -0.39 is 11.8 Å². The van der Waals surface area contributed by atoms with Gasteiger partial charge in [-0.15, -0.1) is 11.6 Å². The molecule has 0 saturated heterocycles. The molecule has 0 bridgehead atoms. The van der Waals surface area contributed by atoms with Crippen molar-refractivity contribution >= 4 is 34.9 Å². The van der Waals surface area contributed by atoms with Crippen molar-refractivity contribution in [3.05, 3.63) is 47.2 Å². The van der Waals surface area contributed by atoms with Crippen LogP contribution in [0.3, 0.4) is 0 Å². The zero-order valence-electron chi connectivity index (χ0n) is 15.0. The van der Waals surface area contributed by atoms with Crippen molar-refractivity contribution in [2.24, 2.45) is 0 Å². The standard InChI is InChI=1S/C19H21ClN4O3/c1-27-14-8-6-13(7-9-14)21-18-15(19(26)24-23-17(25)11-20)10-12-4-2-3-5-16(12)22-18/h6-10H,2-5,11H2,1H3,(H,21,22)(H,23,25)(H,24,26).